The van der Waals surface area contributed by atoms with Crippen LogP contribution < -0.4 is 0 Å². The molecule has 0 amide bonds. The summed E-state index contributed by atoms with van der Waals surface area (Å²) in [4.78, 5) is 11.6. The zero-order valence-corrected chi connectivity index (χ0v) is 10.5. The molecule has 0 aromatic rings. The standard InChI is InChI=1S/C11H22O2S/c1-9(2)7-11(12)10(3)8-14-6-5-13-4/h9-10H,5-8H2,1-4H3. The summed E-state index contributed by atoms with van der Waals surface area (Å²) in [5, 5.41) is 0. The average molecular weight is 218 g/mol. The molecule has 0 bridgehead atoms. The Morgan fingerprint density at radius 2 is 2.00 bits per heavy atom. The first kappa shape index (κ1) is 14.0. The second-order valence-electron chi connectivity index (χ2n) is 4.03. The van der Waals surface area contributed by atoms with Crippen molar-refractivity contribution in [3.05, 3.63) is 0 Å². The number of hydrogen-bond donors (Lipinski definition) is 0. The Labute approximate surface area is 91.8 Å². The van der Waals surface area contributed by atoms with Crippen molar-refractivity contribution < 1.29 is 9.53 Å². The fraction of sp³-hybridized carbons (Fsp3) is 0.909. The minimum absolute atomic E-state index is 0.194. The van der Waals surface area contributed by atoms with Gasteiger partial charge < -0.3 is 4.74 Å². The van der Waals surface area contributed by atoms with E-state index in [1.54, 1.807) is 18.9 Å². The molecule has 0 N–H and O–H groups in total. The summed E-state index contributed by atoms with van der Waals surface area (Å²) in [6, 6.07) is 0. The van der Waals surface area contributed by atoms with E-state index in [1.807, 2.05) is 6.92 Å². The van der Waals surface area contributed by atoms with Gasteiger partial charge in [0.15, 0.2) is 0 Å². The quantitative estimate of drug-likeness (QED) is 0.586. The van der Waals surface area contributed by atoms with Gasteiger partial charge in [0, 0.05) is 31.0 Å². The van der Waals surface area contributed by atoms with E-state index in [4.69, 9.17) is 4.74 Å². The molecule has 0 aromatic heterocycles. The summed E-state index contributed by atoms with van der Waals surface area (Å²) in [6.07, 6.45) is 0.714. The highest BCUT2D eigenvalue weighted by atomic mass is 32.2. The number of hydrogen-bond acceptors (Lipinski definition) is 3. The minimum Gasteiger partial charge on any atom is -0.384 e. The first-order chi connectivity index (χ1) is 6.57. The molecule has 84 valence electrons. The Kier molecular flexibility index (Phi) is 8.29. The van der Waals surface area contributed by atoms with Crippen LogP contribution in [0, 0.1) is 11.8 Å². The van der Waals surface area contributed by atoms with Crippen molar-refractivity contribution >= 4 is 17.5 Å². The van der Waals surface area contributed by atoms with Crippen LogP contribution in [0.15, 0.2) is 0 Å². The van der Waals surface area contributed by atoms with Gasteiger partial charge in [-0.25, -0.2) is 0 Å². The molecular formula is C11H22O2S. The molecule has 14 heavy (non-hydrogen) atoms. The number of carbonyl (C=O) groups is 1. The summed E-state index contributed by atoms with van der Waals surface area (Å²) < 4.78 is 4.94. The number of carbonyl (C=O) groups excluding carboxylic acids is 1. The van der Waals surface area contributed by atoms with Crippen LogP contribution in [-0.4, -0.2) is 31.0 Å². The summed E-state index contributed by atoms with van der Waals surface area (Å²) in [7, 11) is 1.70. The molecule has 0 saturated carbocycles. The summed E-state index contributed by atoms with van der Waals surface area (Å²) >= 11 is 1.80. The molecule has 0 aromatic carbocycles. The van der Waals surface area contributed by atoms with Crippen molar-refractivity contribution in [2.45, 2.75) is 27.2 Å². The van der Waals surface area contributed by atoms with Crippen molar-refractivity contribution in [2.24, 2.45) is 11.8 Å². The topological polar surface area (TPSA) is 26.3 Å². The largest absolute Gasteiger partial charge is 0.384 e. The molecule has 0 aliphatic heterocycles. The van der Waals surface area contributed by atoms with Gasteiger partial charge in [-0.1, -0.05) is 20.8 Å². The van der Waals surface area contributed by atoms with Crippen LogP contribution in [0.25, 0.3) is 0 Å². The molecule has 0 saturated heterocycles. The first-order valence-electron chi connectivity index (χ1n) is 5.17. The maximum Gasteiger partial charge on any atom is 0.136 e. The van der Waals surface area contributed by atoms with E-state index in [0.29, 0.717) is 18.1 Å². The van der Waals surface area contributed by atoms with Crippen LogP contribution in [-0.2, 0) is 9.53 Å². The van der Waals surface area contributed by atoms with Crippen molar-refractivity contribution in [2.75, 3.05) is 25.2 Å². The van der Waals surface area contributed by atoms with Gasteiger partial charge in [-0.3, -0.25) is 4.79 Å². The molecule has 0 spiro atoms. The van der Waals surface area contributed by atoms with Crippen LogP contribution in [0.4, 0.5) is 0 Å². The van der Waals surface area contributed by atoms with E-state index >= 15 is 0 Å². The number of thioether (sulfide) groups is 1. The predicted molar refractivity (Wildman–Crippen MR) is 62.8 cm³/mol. The Morgan fingerprint density at radius 3 is 2.50 bits per heavy atom. The molecule has 0 rings (SSSR count). The molecule has 2 nitrogen and oxygen atoms in total. The highest BCUT2D eigenvalue weighted by Gasteiger charge is 2.13. The van der Waals surface area contributed by atoms with E-state index in [0.717, 1.165) is 18.1 Å². The third-order valence-electron chi connectivity index (χ3n) is 1.96. The summed E-state index contributed by atoms with van der Waals surface area (Å²) in [5.41, 5.74) is 0. The van der Waals surface area contributed by atoms with Crippen LogP contribution in [0.2, 0.25) is 0 Å². The molecule has 0 aliphatic carbocycles. The van der Waals surface area contributed by atoms with Gasteiger partial charge in [0.25, 0.3) is 0 Å². The third kappa shape index (κ3) is 7.39. The Bertz CT molecular complexity index is 157. The van der Waals surface area contributed by atoms with Crippen molar-refractivity contribution in [3.63, 3.8) is 0 Å². The molecule has 0 fully saturated rings. The normalized spacial score (nSPS) is 13.2. The maximum absolute atomic E-state index is 11.6. The zero-order valence-electron chi connectivity index (χ0n) is 9.71. The second-order valence-corrected chi connectivity index (χ2v) is 5.18. The number of ketones is 1. The lowest BCUT2D eigenvalue weighted by atomic mass is 9.99. The second kappa shape index (κ2) is 8.30. The molecule has 1 atom stereocenters. The van der Waals surface area contributed by atoms with E-state index in [2.05, 4.69) is 13.8 Å². The Morgan fingerprint density at radius 1 is 1.36 bits per heavy atom. The predicted octanol–water partition coefficient (Wildman–Crippen LogP) is 2.62. The van der Waals surface area contributed by atoms with Crippen LogP contribution >= 0.6 is 11.8 Å². The SMILES string of the molecule is COCCSCC(C)C(=O)CC(C)C. The highest BCUT2D eigenvalue weighted by Crippen LogP contribution is 2.13. The molecule has 0 heterocycles. The van der Waals surface area contributed by atoms with Gasteiger partial charge in [0.2, 0.25) is 0 Å². The van der Waals surface area contributed by atoms with E-state index in [1.165, 1.54) is 0 Å². The van der Waals surface area contributed by atoms with Gasteiger partial charge >= 0.3 is 0 Å². The summed E-state index contributed by atoms with van der Waals surface area (Å²) in [5.74, 6) is 2.98. The lowest BCUT2D eigenvalue weighted by molar-refractivity contribution is -0.122. The zero-order chi connectivity index (χ0) is 11.0. The van der Waals surface area contributed by atoms with Crippen LogP contribution in [0.3, 0.4) is 0 Å². The van der Waals surface area contributed by atoms with E-state index in [-0.39, 0.29) is 5.92 Å². The average Bonchev–Trinajstić information content (AvgIpc) is 2.11. The molecule has 3 heteroatoms. The monoisotopic (exact) mass is 218 g/mol. The van der Waals surface area contributed by atoms with Crippen molar-refractivity contribution in [1.29, 1.82) is 0 Å². The van der Waals surface area contributed by atoms with Crippen molar-refractivity contribution in [1.82, 2.24) is 0 Å². The smallest absolute Gasteiger partial charge is 0.136 e. The molecule has 0 aliphatic rings. The Balaban J connectivity index is 3.52. The third-order valence-corrected chi connectivity index (χ3v) is 3.15. The van der Waals surface area contributed by atoms with Gasteiger partial charge in [-0.2, -0.15) is 11.8 Å². The van der Waals surface area contributed by atoms with Gasteiger partial charge in [0.1, 0.15) is 5.78 Å². The van der Waals surface area contributed by atoms with Crippen molar-refractivity contribution in [3.8, 4) is 0 Å². The minimum atomic E-state index is 0.194. The lowest BCUT2D eigenvalue weighted by Gasteiger charge is -2.11. The van der Waals surface area contributed by atoms with E-state index in [9.17, 15) is 4.79 Å². The first-order valence-corrected chi connectivity index (χ1v) is 6.32. The van der Waals surface area contributed by atoms with Gasteiger partial charge in [0.05, 0.1) is 6.61 Å². The highest BCUT2D eigenvalue weighted by molar-refractivity contribution is 7.99. The molecular weight excluding hydrogens is 196 g/mol. The summed E-state index contributed by atoms with van der Waals surface area (Å²) in [6.45, 7) is 6.96. The van der Waals surface area contributed by atoms with Gasteiger partial charge in [-0.15, -0.1) is 0 Å². The lowest BCUT2D eigenvalue weighted by Crippen LogP contribution is -2.16. The molecule has 1 unspecified atom stereocenters. The Hall–Kier alpha value is -0.0200. The number of ether oxygens (including phenoxy) is 1. The number of Topliss-reactive ketones (excluding diaryl/α,β-unsaturated/α-hetero) is 1. The number of rotatable bonds is 8. The fourth-order valence-corrected chi connectivity index (χ4v) is 2.09. The van der Waals surface area contributed by atoms with Gasteiger partial charge in [-0.05, 0) is 5.92 Å². The number of methoxy groups -OCH3 is 1. The fourth-order valence-electron chi connectivity index (χ4n) is 1.10. The van der Waals surface area contributed by atoms with Crippen LogP contribution in [0.1, 0.15) is 27.2 Å². The maximum atomic E-state index is 11.6. The van der Waals surface area contributed by atoms with Crippen LogP contribution in [0.5, 0.6) is 0 Å². The molecule has 0 radical (unpaired) electrons. The van der Waals surface area contributed by atoms with E-state index < -0.39 is 0 Å².